The fraction of sp³-hybridized carbons (Fsp3) is 0.320. The number of aromatic hydroxyl groups is 1. The number of hydrogen-bond acceptors (Lipinski definition) is 3. The molecule has 2 bridgehead atoms. The third kappa shape index (κ3) is 4.48. The average molecular weight is 457 g/mol. The molecule has 5 rings (SSSR count). The van der Waals surface area contributed by atoms with Crippen LogP contribution < -0.4 is 15.2 Å². The molecule has 2 N–H and O–H groups in total. The van der Waals surface area contributed by atoms with Gasteiger partial charge in [0.05, 0.1) is 13.1 Å². The Morgan fingerprint density at radius 2 is 1.79 bits per heavy atom. The molecule has 0 spiro atoms. The maximum Gasteiger partial charge on any atom is 0.573 e. The van der Waals surface area contributed by atoms with Crippen molar-refractivity contribution in [3.8, 4) is 22.6 Å². The van der Waals surface area contributed by atoms with Gasteiger partial charge < -0.3 is 19.3 Å². The van der Waals surface area contributed by atoms with Gasteiger partial charge in [0.15, 0.2) is 0 Å². The Morgan fingerprint density at radius 3 is 2.52 bits per heavy atom. The summed E-state index contributed by atoms with van der Waals surface area (Å²) in [5.74, 6) is 0.518. The number of likely N-dealkylation sites (tertiary alicyclic amines) is 1. The number of hydrogen-bond donors (Lipinski definition) is 2. The number of nitrogens with zero attached hydrogens (tertiary/aromatic N) is 1. The number of aromatic nitrogens is 1. The Hall–Kier alpha value is -3.26. The van der Waals surface area contributed by atoms with Crippen LogP contribution in [0.1, 0.15) is 23.6 Å². The molecule has 1 fully saturated rings. The molecule has 2 aliphatic rings. The number of piperidine rings is 1. The molecule has 1 unspecified atom stereocenters. The number of pyridine rings is 1. The Labute approximate surface area is 188 Å². The molecule has 5 nitrogen and oxygen atoms in total. The van der Waals surface area contributed by atoms with E-state index in [0.717, 1.165) is 41.9 Å². The second-order valence-corrected chi connectivity index (χ2v) is 8.92. The molecular formula is C25H24F3N2O3+. The lowest BCUT2D eigenvalue weighted by molar-refractivity contribution is -0.924. The van der Waals surface area contributed by atoms with Crippen molar-refractivity contribution >= 4 is 0 Å². The number of benzene rings is 2. The van der Waals surface area contributed by atoms with Crippen molar-refractivity contribution < 1.29 is 27.9 Å². The van der Waals surface area contributed by atoms with Crippen LogP contribution in [0.25, 0.3) is 11.1 Å². The van der Waals surface area contributed by atoms with Gasteiger partial charge in [0.1, 0.15) is 18.0 Å². The maximum absolute atomic E-state index is 12.7. The van der Waals surface area contributed by atoms with E-state index in [1.54, 1.807) is 30.3 Å². The highest BCUT2D eigenvalue weighted by Crippen LogP contribution is 2.37. The van der Waals surface area contributed by atoms with Crippen LogP contribution in [0.5, 0.6) is 11.5 Å². The number of phenolic OH excluding ortho intramolecular Hbond substituents is 1. The first kappa shape index (κ1) is 21.6. The third-order valence-corrected chi connectivity index (χ3v) is 6.61. The SMILES string of the molecule is O=c1ccc(-c2ccc(OC(F)(F)F)cc2)c2n1C[C@H]1C[C@@H]2C[NH+](Cc2ccccc2O)C1. The molecule has 2 aliphatic heterocycles. The molecule has 0 amide bonds. The first-order chi connectivity index (χ1) is 15.8. The van der Waals surface area contributed by atoms with Crippen LogP contribution in [-0.2, 0) is 13.1 Å². The molecule has 1 saturated heterocycles. The van der Waals surface area contributed by atoms with E-state index in [4.69, 9.17) is 0 Å². The van der Waals surface area contributed by atoms with Gasteiger partial charge in [-0.05, 0) is 42.3 Å². The van der Waals surface area contributed by atoms with Crippen molar-refractivity contribution in [1.82, 2.24) is 4.57 Å². The lowest BCUT2D eigenvalue weighted by atomic mass is 9.80. The predicted molar refractivity (Wildman–Crippen MR) is 116 cm³/mol. The van der Waals surface area contributed by atoms with Crippen LogP contribution in [0, 0.1) is 5.92 Å². The van der Waals surface area contributed by atoms with E-state index < -0.39 is 6.36 Å². The van der Waals surface area contributed by atoms with E-state index in [1.807, 2.05) is 16.7 Å². The molecule has 0 aliphatic carbocycles. The third-order valence-electron chi connectivity index (χ3n) is 6.61. The van der Waals surface area contributed by atoms with Gasteiger partial charge in [0.25, 0.3) is 5.56 Å². The molecule has 0 radical (unpaired) electrons. The summed E-state index contributed by atoms with van der Waals surface area (Å²) >= 11 is 0. The van der Waals surface area contributed by atoms with Crippen molar-refractivity contribution in [2.45, 2.75) is 31.8 Å². The topological polar surface area (TPSA) is 55.9 Å². The van der Waals surface area contributed by atoms with Crippen LogP contribution in [0.3, 0.4) is 0 Å². The number of phenols is 1. The zero-order chi connectivity index (χ0) is 23.2. The minimum Gasteiger partial charge on any atom is -0.507 e. The fourth-order valence-electron chi connectivity index (χ4n) is 5.39. The molecule has 3 heterocycles. The van der Waals surface area contributed by atoms with E-state index in [-0.39, 0.29) is 17.2 Å². The van der Waals surface area contributed by atoms with Gasteiger partial charge in [-0.2, -0.15) is 0 Å². The van der Waals surface area contributed by atoms with Crippen LogP contribution in [0.15, 0.2) is 65.5 Å². The number of halogens is 3. The van der Waals surface area contributed by atoms with Gasteiger partial charge in [-0.15, -0.1) is 13.2 Å². The zero-order valence-electron chi connectivity index (χ0n) is 17.8. The number of nitrogens with one attached hydrogen (secondary N) is 1. The molecule has 1 aromatic heterocycles. The van der Waals surface area contributed by atoms with E-state index in [2.05, 4.69) is 4.74 Å². The monoisotopic (exact) mass is 457 g/mol. The summed E-state index contributed by atoms with van der Waals surface area (Å²) in [5, 5.41) is 10.2. The molecule has 8 heteroatoms. The Morgan fingerprint density at radius 1 is 1.03 bits per heavy atom. The summed E-state index contributed by atoms with van der Waals surface area (Å²) < 4.78 is 43.4. The van der Waals surface area contributed by atoms with Crippen molar-refractivity contribution in [1.29, 1.82) is 0 Å². The summed E-state index contributed by atoms with van der Waals surface area (Å²) in [5.41, 5.74) is 3.40. The summed E-state index contributed by atoms with van der Waals surface area (Å²) in [4.78, 5) is 14.0. The molecule has 33 heavy (non-hydrogen) atoms. The lowest BCUT2D eigenvalue weighted by Crippen LogP contribution is -3.13. The van der Waals surface area contributed by atoms with Gasteiger partial charge in [0, 0.05) is 41.3 Å². The van der Waals surface area contributed by atoms with Gasteiger partial charge in [0.2, 0.25) is 0 Å². The van der Waals surface area contributed by atoms with Crippen LogP contribution in [0.4, 0.5) is 13.2 Å². The molecular weight excluding hydrogens is 433 g/mol. The summed E-state index contributed by atoms with van der Waals surface area (Å²) in [6, 6.07) is 16.4. The van der Waals surface area contributed by atoms with Crippen molar-refractivity contribution in [2.75, 3.05) is 13.1 Å². The molecule has 3 aromatic rings. The Bertz CT molecular complexity index is 1220. The van der Waals surface area contributed by atoms with Crippen molar-refractivity contribution in [3.63, 3.8) is 0 Å². The normalized spacial score (nSPS) is 22.0. The minimum atomic E-state index is -4.74. The highest BCUT2D eigenvalue weighted by molar-refractivity contribution is 5.67. The van der Waals surface area contributed by atoms with Gasteiger partial charge in [-0.1, -0.05) is 24.3 Å². The molecule has 172 valence electrons. The summed E-state index contributed by atoms with van der Waals surface area (Å²) in [6.07, 6.45) is -3.77. The van der Waals surface area contributed by atoms with E-state index in [9.17, 15) is 23.1 Å². The Balaban J connectivity index is 1.46. The van der Waals surface area contributed by atoms with E-state index >= 15 is 0 Å². The number of fused-ring (bicyclic) bond motifs is 4. The summed E-state index contributed by atoms with van der Waals surface area (Å²) in [6.45, 7) is 3.06. The van der Waals surface area contributed by atoms with Gasteiger partial charge in [-0.25, -0.2) is 0 Å². The maximum atomic E-state index is 12.7. The number of para-hydroxylation sites is 1. The zero-order valence-corrected chi connectivity index (χ0v) is 17.8. The fourth-order valence-corrected chi connectivity index (χ4v) is 5.39. The average Bonchev–Trinajstić information content (AvgIpc) is 2.76. The number of alkyl halides is 3. The van der Waals surface area contributed by atoms with Crippen LogP contribution >= 0.6 is 0 Å². The van der Waals surface area contributed by atoms with Gasteiger partial charge >= 0.3 is 6.36 Å². The van der Waals surface area contributed by atoms with E-state index in [1.165, 1.54) is 23.1 Å². The molecule has 3 atom stereocenters. The Kier molecular flexibility index (Phi) is 5.40. The smallest absolute Gasteiger partial charge is 0.507 e. The van der Waals surface area contributed by atoms with Crippen LogP contribution in [0.2, 0.25) is 0 Å². The highest BCUT2D eigenvalue weighted by Gasteiger charge is 2.39. The quantitative estimate of drug-likeness (QED) is 0.632. The highest BCUT2D eigenvalue weighted by atomic mass is 19.4. The first-order valence-electron chi connectivity index (χ1n) is 11.0. The van der Waals surface area contributed by atoms with Crippen LogP contribution in [-0.4, -0.2) is 29.1 Å². The van der Waals surface area contributed by atoms with Crippen molar-refractivity contribution in [3.05, 3.63) is 82.3 Å². The predicted octanol–water partition coefficient (Wildman–Crippen LogP) is 3.32. The molecule has 2 aromatic carbocycles. The number of rotatable bonds is 4. The standard InChI is InChI=1S/C25H23F3N2O3/c26-25(27,28)33-20-7-5-17(6-8-20)21-9-10-23(32)30-13-16-11-19(24(21)30)15-29(12-16)14-18-3-1-2-4-22(18)31/h1-10,16,19,31H,11-15H2/p+1/t16-,19+/m0/s1. The minimum absolute atomic E-state index is 0.0513. The second kappa shape index (κ2) is 8.26. The second-order valence-electron chi connectivity index (χ2n) is 8.92. The van der Waals surface area contributed by atoms with Gasteiger partial charge in [-0.3, -0.25) is 4.79 Å². The lowest BCUT2D eigenvalue weighted by Gasteiger charge is -2.41. The van der Waals surface area contributed by atoms with Crippen molar-refractivity contribution in [2.24, 2.45) is 5.92 Å². The summed E-state index contributed by atoms with van der Waals surface area (Å²) in [7, 11) is 0. The van der Waals surface area contributed by atoms with E-state index in [0.29, 0.717) is 24.8 Å². The largest absolute Gasteiger partial charge is 0.573 e. The molecule has 0 saturated carbocycles. The first-order valence-corrected chi connectivity index (χ1v) is 11.0. The number of ether oxygens (including phenoxy) is 1. The number of quaternary nitrogens is 1.